The van der Waals surface area contributed by atoms with Crippen molar-refractivity contribution in [2.24, 2.45) is 0 Å². The Morgan fingerprint density at radius 1 is 1.05 bits per heavy atom. The van der Waals surface area contributed by atoms with E-state index in [0.29, 0.717) is 40.8 Å². The molecule has 0 aliphatic carbocycles. The van der Waals surface area contributed by atoms with Crippen LogP contribution in [0.15, 0.2) is 73.1 Å². The minimum absolute atomic E-state index is 0.0348. The minimum Gasteiger partial charge on any atom is -0.437 e. The van der Waals surface area contributed by atoms with Gasteiger partial charge in [-0.25, -0.2) is 19.9 Å². The normalized spacial score (nSPS) is 16.0. The fraction of sp³-hybridized carbons (Fsp3) is 0.241. The van der Waals surface area contributed by atoms with Gasteiger partial charge in [0, 0.05) is 37.8 Å². The van der Waals surface area contributed by atoms with Crippen LogP contribution in [0.25, 0.3) is 21.5 Å². The molecule has 9 nitrogen and oxygen atoms in total. The molecule has 13 heteroatoms. The van der Waals surface area contributed by atoms with Crippen molar-refractivity contribution in [2.45, 2.75) is 18.8 Å². The van der Waals surface area contributed by atoms with Crippen LogP contribution in [0, 0.1) is 0 Å². The number of fused-ring (bicyclic) bond motifs is 1. The average Bonchev–Trinajstić information content (AvgIpc) is 3.38. The van der Waals surface area contributed by atoms with E-state index in [4.69, 9.17) is 15.2 Å². The molecule has 3 N–H and O–H groups in total. The molecule has 1 atom stereocenters. The van der Waals surface area contributed by atoms with Gasteiger partial charge < -0.3 is 20.5 Å². The molecule has 0 spiro atoms. The molecule has 0 saturated carbocycles. The first kappa shape index (κ1) is 27.8. The van der Waals surface area contributed by atoms with Crippen LogP contribution in [-0.4, -0.2) is 57.2 Å². The summed E-state index contributed by atoms with van der Waals surface area (Å²) in [7, 11) is 0. The number of thiazole rings is 1. The monoisotopic (exact) mass is 593 g/mol. The van der Waals surface area contributed by atoms with Crippen LogP contribution < -0.4 is 15.8 Å². The molecular weight excluding hydrogens is 567 g/mol. The summed E-state index contributed by atoms with van der Waals surface area (Å²) in [5, 5.41) is 3.49. The Balaban J connectivity index is 1.23. The number of nitrogens with one attached hydrogen (secondary N) is 1. The molecule has 5 aromatic rings. The first-order chi connectivity index (χ1) is 20.3. The van der Waals surface area contributed by atoms with Gasteiger partial charge in [-0.3, -0.25) is 4.90 Å². The number of alkyl halides is 3. The van der Waals surface area contributed by atoms with Crippen molar-refractivity contribution in [3.63, 3.8) is 0 Å². The van der Waals surface area contributed by atoms with Crippen LogP contribution >= 0.6 is 11.3 Å². The zero-order chi connectivity index (χ0) is 29.1. The molecule has 2 aromatic carbocycles. The molecule has 1 unspecified atom stereocenters. The molecule has 216 valence electrons. The summed E-state index contributed by atoms with van der Waals surface area (Å²) in [6, 6.07) is 19.3. The molecule has 4 heterocycles. The summed E-state index contributed by atoms with van der Waals surface area (Å²) >= 11 is 1.33. The number of anilines is 2. The van der Waals surface area contributed by atoms with Gasteiger partial charge in [-0.05, 0) is 29.8 Å². The lowest BCUT2D eigenvalue weighted by Crippen LogP contribution is -2.44. The van der Waals surface area contributed by atoms with Gasteiger partial charge in [-0.2, -0.15) is 13.2 Å². The van der Waals surface area contributed by atoms with Crippen molar-refractivity contribution >= 4 is 32.5 Å². The Kier molecular flexibility index (Phi) is 7.87. The van der Waals surface area contributed by atoms with Gasteiger partial charge >= 0.3 is 6.18 Å². The molecule has 6 rings (SSSR count). The SMILES string of the molecule is Nc1nc2c(Oc3cc(-c4ccc(C(F)(F)F)nc4NCC4CN(Cc5ccccc5)CCO4)ncn3)cccc2s1. The zero-order valence-electron chi connectivity index (χ0n) is 22.2. The number of pyridine rings is 1. The Morgan fingerprint density at radius 3 is 2.74 bits per heavy atom. The van der Waals surface area contributed by atoms with Crippen molar-refractivity contribution in [2.75, 3.05) is 37.3 Å². The quantitative estimate of drug-likeness (QED) is 0.229. The average molecular weight is 594 g/mol. The topological polar surface area (TPSA) is 111 Å². The number of benzene rings is 2. The number of ether oxygens (including phenoxy) is 2. The number of para-hydroxylation sites is 1. The highest BCUT2D eigenvalue weighted by atomic mass is 32.1. The van der Waals surface area contributed by atoms with E-state index in [9.17, 15) is 13.2 Å². The first-order valence-corrected chi connectivity index (χ1v) is 14.0. The lowest BCUT2D eigenvalue weighted by molar-refractivity contribution is -0.141. The van der Waals surface area contributed by atoms with E-state index in [0.717, 1.165) is 23.9 Å². The van der Waals surface area contributed by atoms with E-state index in [2.05, 4.69) is 42.3 Å². The summed E-state index contributed by atoms with van der Waals surface area (Å²) in [4.78, 5) is 19.0. The molecule has 0 amide bonds. The number of nitrogens with zero attached hydrogens (tertiary/aromatic N) is 5. The Morgan fingerprint density at radius 2 is 1.90 bits per heavy atom. The van der Waals surface area contributed by atoms with E-state index in [1.165, 1.54) is 29.3 Å². The number of hydrogen-bond donors (Lipinski definition) is 2. The van der Waals surface area contributed by atoms with E-state index < -0.39 is 11.9 Å². The van der Waals surface area contributed by atoms with Crippen molar-refractivity contribution in [3.8, 4) is 22.9 Å². The standard InChI is InChI=1S/C29H26F3N7O2S/c30-29(31,32)24-10-9-20(21-13-25(36-17-35-21)41-22-7-4-8-23-26(22)38-28(33)42-23)27(37-24)34-14-19-16-39(11-12-40-19)15-18-5-2-1-3-6-18/h1-10,13,17,19H,11-12,14-16H2,(H2,33,38)(H,34,37). The van der Waals surface area contributed by atoms with E-state index >= 15 is 0 Å². The Bertz CT molecular complexity index is 1680. The summed E-state index contributed by atoms with van der Waals surface area (Å²) in [5.41, 5.74) is 7.32. The maximum atomic E-state index is 13.6. The third-order valence-corrected chi connectivity index (χ3v) is 7.54. The zero-order valence-corrected chi connectivity index (χ0v) is 23.0. The first-order valence-electron chi connectivity index (χ1n) is 13.2. The molecule has 1 saturated heterocycles. The third kappa shape index (κ3) is 6.43. The number of morpholine rings is 1. The maximum Gasteiger partial charge on any atom is 0.433 e. The van der Waals surface area contributed by atoms with Crippen molar-refractivity contribution in [1.29, 1.82) is 0 Å². The maximum absolute atomic E-state index is 13.6. The largest absolute Gasteiger partial charge is 0.437 e. The highest BCUT2D eigenvalue weighted by Crippen LogP contribution is 2.36. The van der Waals surface area contributed by atoms with E-state index in [-0.39, 0.29) is 24.3 Å². The second-order valence-electron chi connectivity index (χ2n) is 9.68. The van der Waals surface area contributed by atoms with Gasteiger partial charge in [0.2, 0.25) is 5.88 Å². The summed E-state index contributed by atoms with van der Waals surface area (Å²) in [6.07, 6.45) is -3.58. The predicted octanol–water partition coefficient (Wildman–Crippen LogP) is 5.85. The number of halogens is 3. The van der Waals surface area contributed by atoms with Gasteiger partial charge in [0.1, 0.15) is 23.4 Å². The number of hydrogen-bond acceptors (Lipinski definition) is 10. The van der Waals surface area contributed by atoms with Crippen LogP contribution in [0.4, 0.5) is 24.1 Å². The summed E-state index contributed by atoms with van der Waals surface area (Å²) < 4.78 is 53.6. The molecule has 42 heavy (non-hydrogen) atoms. The third-order valence-electron chi connectivity index (χ3n) is 6.69. The van der Waals surface area contributed by atoms with Gasteiger partial charge in [-0.15, -0.1) is 0 Å². The van der Waals surface area contributed by atoms with Crippen LogP contribution in [-0.2, 0) is 17.5 Å². The van der Waals surface area contributed by atoms with Crippen molar-refractivity contribution < 1.29 is 22.6 Å². The van der Waals surface area contributed by atoms with Gasteiger partial charge in [0.25, 0.3) is 0 Å². The van der Waals surface area contributed by atoms with E-state index in [1.807, 2.05) is 30.3 Å². The highest BCUT2D eigenvalue weighted by molar-refractivity contribution is 7.22. The highest BCUT2D eigenvalue weighted by Gasteiger charge is 2.33. The second-order valence-corrected chi connectivity index (χ2v) is 10.7. The summed E-state index contributed by atoms with van der Waals surface area (Å²) in [6.45, 7) is 2.93. The Labute approximate surface area is 243 Å². The molecular formula is C29H26F3N7O2S. The van der Waals surface area contributed by atoms with Gasteiger partial charge in [0.05, 0.1) is 23.1 Å². The fourth-order valence-electron chi connectivity index (χ4n) is 4.74. The van der Waals surface area contributed by atoms with Crippen molar-refractivity contribution in [1.82, 2.24) is 24.8 Å². The molecule has 1 aliphatic rings. The Hall–Kier alpha value is -4.33. The van der Waals surface area contributed by atoms with Gasteiger partial charge in [-0.1, -0.05) is 47.7 Å². The number of nitrogens with two attached hydrogens (primary N) is 1. The van der Waals surface area contributed by atoms with Crippen LogP contribution in [0.2, 0.25) is 0 Å². The van der Waals surface area contributed by atoms with E-state index in [1.54, 1.807) is 12.1 Å². The molecule has 1 fully saturated rings. The minimum atomic E-state index is -4.61. The lowest BCUT2D eigenvalue weighted by Gasteiger charge is -2.33. The molecule has 3 aromatic heterocycles. The summed E-state index contributed by atoms with van der Waals surface area (Å²) in [5.74, 6) is 0.674. The molecule has 0 bridgehead atoms. The number of nitrogen functional groups attached to an aromatic ring is 1. The van der Waals surface area contributed by atoms with Crippen molar-refractivity contribution in [3.05, 3.63) is 84.3 Å². The second kappa shape index (κ2) is 11.9. The molecule has 0 radical (unpaired) electrons. The van der Waals surface area contributed by atoms with Crippen LogP contribution in [0.3, 0.4) is 0 Å². The lowest BCUT2D eigenvalue weighted by atomic mass is 10.1. The number of aromatic nitrogens is 4. The molecule has 1 aliphatic heterocycles. The number of rotatable bonds is 8. The fourth-order valence-corrected chi connectivity index (χ4v) is 5.49. The van der Waals surface area contributed by atoms with Gasteiger partial charge in [0.15, 0.2) is 10.9 Å². The smallest absolute Gasteiger partial charge is 0.433 e. The predicted molar refractivity (Wildman–Crippen MR) is 154 cm³/mol. The van der Waals surface area contributed by atoms with Crippen LogP contribution in [0.1, 0.15) is 11.3 Å². The van der Waals surface area contributed by atoms with Crippen LogP contribution in [0.5, 0.6) is 11.6 Å².